The Kier molecular flexibility index (Phi) is 3.21. The smallest absolute Gasteiger partial charge is 0.190 e. The Labute approximate surface area is 96.1 Å². The van der Waals surface area contributed by atoms with Crippen molar-refractivity contribution in [3.05, 3.63) is 35.9 Å². The number of aliphatic hydroxyl groups is 1. The number of aromatic nitrogens is 3. The number of hydrogen-bond acceptors (Lipinski definition) is 4. The third-order valence-corrected chi connectivity index (χ3v) is 3.02. The molecule has 1 N–H and O–H groups in total. The Balaban J connectivity index is 2.28. The van der Waals surface area contributed by atoms with Crippen LogP contribution in [0, 0.1) is 5.82 Å². The van der Waals surface area contributed by atoms with E-state index in [4.69, 9.17) is 5.11 Å². The average Bonchev–Trinajstić information content (AvgIpc) is 2.63. The van der Waals surface area contributed by atoms with Gasteiger partial charge in [0.05, 0.1) is 6.61 Å². The van der Waals surface area contributed by atoms with E-state index >= 15 is 0 Å². The van der Waals surface area contributed by atoms with Crippen molar-refractivity contribution in [3.63, 3.8) is 0 Å². The molecule has 0 amide bonds. The third-order valence-electron chi connectivity index (χ3n) is 1.99. The molecule has 1 heterocycles. The molecule has 0 aliphatic rings. The molecule has 2 aromatic rings. The van der Waals surface area contributed by atoms with E-state index in [0.29, 0.717) is 15.6 Å². The molecule has 0 fully saturated rings. The fraction of sp³-hybridized carbons (Fsp3) is 0.200. The molecule has 16 heavy (non-hydrogen) atoms. The standard InChI is InChI=1S/C10H10FN3OS/c1-14-10(12-6-13-14)16-9-3-7(5-15)2-8(11)4-9/h2-4,6,15H,5H2,1H3. The van der Waals surface area contributed by atoms with Crippen LogP contribution in [0.2, 0.25) is 0 Å². The first-order valence-electron chi connectivity index (χ1n) is 4.61. The Bertz CT molecular complexity index is 501. The Morgan fingerprint density at radius 2 is 2.25 bits per heavy atom. The lowest BCUT2D eigenvalue weighted by Crippen LogP contribution is -1.93. The molecule has 0 atom stereocenters. The minimum atomic E-state index is -0.365. The van der Waals surface area contributed by atoms with Crippen LogP contribution < -0.4 is 0 Å². The van der Waals surface area contributed by atoms with Crippen LogP contribution >= 0.6 is 11.8 Å². The van der Waals surface area contributed by atoms with Crippen LogP contribution in [-0.4, -0.2) is 19.9 Å². The van der Waals surface area contributed by atoms with Crippen molar-refractivity contribution in [2.45, 2.75) is 16.7 Å². The summed E-state index contributed by atoms with van der Waals surface area (Å²) in [4.78, 5) is 4.72. The highest BCUT2D eigenvalue weighted by Gasteiger charge is 2.06. The minimum absolute atomic E-state index is 0.176. The fourth-order valence-corrected chi connectivity index (χ4v) is 2.13. The molecular formula is C10H10FN3OS. The van der Waals surface area contributed by atoms with E-state index in [-0.39, 0.29) is 12.4 Å². The molecule has 0 aliphatic heterocycles. The van der Waals surface area contributed by atoms with E-state index in [9.17, 15) is 4.39 Å². The van der Waals surface area contributed by atoms with Crippen molar-refractivity contribution in [3.8, 4) is 0 Å². The van der Waals surface area contributed by atoms with Crippen LogP contribution in [-0.2, 0) is 13.7 Å². The molecule has 0 saturated heterocycles. The second-order valence-electron chi connectivity index (χ2n) is 3.22. The Hall–Kier alpha value is -1.40. The van der Waals surface area contributed by atoms with Gasteiger partial charge in [0.15, 0.2) is 5.16 Å². The predicted octanol–water partition coefficient (Wildman–Crippen LogP) is 1.60. The number of hydrogen-bond donors (Lipinski definition) is 1. The normalized spacial score (nSPS) is 10.7. The lowest BCUT2D eigenvalue weighted by Gasteiger charge is -2.03. The van der Waals surface area contributed by atoms with Crippen molar-refractivity contribution in [2.75, 3.05) is 0 Å². The maximum absolute atomic E-state index is 13.2. The average molecular weight is 239 g/mol. The lowest BCUT2D eigenvalue weighted by atomic mass is 10.2. The molecule has 4 nitrogen and oxygen atoms in total. The van der Waals surface area contributed by atoms with Crippen molar-refractivity contribution >= 4 is 11.8 Å². The van der Waals surface area contributed by atoms with Crippen LogP contribution in [0.15, 0.2) is 34.6 Å². The van der Waals surface area contributed by atoms with Crippen molar-refractivity contribution in [1.29, 1.82) is 0 Å². The molecule has 0 bridgehead atoms. The zero-order valence-corrected chi connectivity index (χ0v) is 9.41. The van der Waals surface area contributed by atoms with E-state index in [1.807, 2.05) is 0 Å². The van der Waals surface area contributed by atoms with Gasteiger partial charge in [-0.1, -0.05) is 11.8 Å². The van der Waals surface area contributed by atoms with Crippen LogP contribution in [0.3, 0.4) is 0 Å². The molecule has 2 rings (SSSR count). The molecule has 84 valence electrons. The minimum Gasteiger partial charge on any atom is -0.392 e. The summed E-state index contributed by atoms with van der Waals surface area (Å²) >= 11 is 1.30. The van der Waals surface area contributed by atoms with Gasteiger partial charge >= 0.3 is 0 Å². The van der Waals surface area contributed by atoms with Gasteiger partial charge in [-0.05, 0) is 23.8 Å². The van der Waals surface area contributed by atoms with Crippen LogP contribution in [0.25, 0.3) is 0 Å². The summed E-state index contributed by atoms with van der Waals surface area (Å²) in [5, 5.41) is 13.6. The van der Waals surface area contributed by atoms with E-state index in [1.165, 1.54) is 30.2 Å². The SMILES string of the molecule is Cn1ncnc1Sc1cc(F)cc(CO)c1. The summed E-state index contributed by atoms with van der Waals surface area (Å²) in [6.45, 7) is -0.176. The van der Waals surface area contributed by atoms with Gasteiger partial charge in [-0.2, -0.15) is 5.10 Å². The van der Waals surface area contributed by atoms with Gasteiger partial charge in [-0.15, -0.1) is 0 Å². The molecule has 1 aromatic heterocycles. The van der Waals surface area contributed by atoms with Crippen molar-refractivity contribution < 1.29 is 9.50 Å². The largest absolute Gasteiger partial charge is 0.392 e. The van der Waals surface area contributed by atoms with Gasteiger partial charge < -0.3 is 5.11 Å². The van der Waals surface area contributed by atoms with Crippen LogP contribution in [0.1, 0.15) is 5.56 Å². The maximum Gasteiger partial charge on any atom is 0.190 e. The molecule has 1 aromatic carbocycles. The van der Waals surface area contributed by atoms with E-state index in [0.717, 1.165) is 0 Å². The van der Waals surface area contributed by atoms with Crippen LogP contribution in [0.4, 0.5) is 4.39 Å². The first kappa shape index (κ1) is 11.1. The Morgan fingerprint density at radius 3 is 2.88 bits per heavy atom. The summed E-state index contributed by atoms with van der Waals surface area (Å²) < 4.78 is 14.8. The van der Waals surface area contributed by atoms with E-state index in [1.54, 1.807) is 17.8 Å². The molecule has 0 radical (unpaired) electrons. The van der Waals surface area contributed by atoms with Gasteiger partial charge in [-0.25, -0.2) is 14.1 Å². The van der Waals surface area contributed by atoms with Crippen molar-refractivity contribution in [2.24, 2.45) is 7.05 Å². The molecule has 0 spiro atoms. The number of halogens is 1. The predicted molar refractivity (Wildman–Crippen MR) is 57.4 cm³/mol. The molecule has 6 heteroatoms. The summed E-state index contributed by atoms with van der Waals surface area (Å²) in [6.07, 6.45) is 1.44. The van der Waals surface area contributed by atoms with E-state index < -0.39 is 0 Å². The van der Waals surface area contributed by atoms with Gasteiger partial charge in [0, 0.05) is 11.9 Å². The highest BCUT2D eigenvalue weighted by molar-refractivity contribution is 7.99. The maximum atomic E-state index is 13.2. The summed E-state index contributed by atoms with van der Waals surface area (Å²) in [7, 11) is 1.77. The van der Waals surface area contributed by atoms with Gasteiger partial charge in [-0.3, -0.25) is 0 Å². The topological polar surface area (TPSA) is 50.9 Å². The second-order valence-corrected chi connectivity index (χ2v) is 4.26. The Morgan fingerprint density at radius 1 is 1.44 bits per heavy atom. The number of benzene rings is 1. The highest BCUT2D eigenvalue weighted by Crippen LogP contribution is 2.26. The van der Waals surface area contributed by atoms with E-state index in [2.05, 4.69) is 10.1 Å². The highest BCUT2D eigenvalue weighted by atomic mass is 32.2. The summed E-state index contributed by atoms with van der Waals surface area (Å²) in [5.74, 6) is -0.365. The number of aryl methyl sites for hydroxylation is 1. The fourth-order valence-electron chi connectivity index (χ4n) is 1.25. The monoisotopic (exact) mass is 239 g/mol. The third kappa shape index (κ3) is 2.40. The van der Waals surface area contributed by atoms with Gasteiger partial charge in [0.1, 0.15) is 12.1 Å². The molecule has 0 aliphatic carbocycles. The summed E-state index contributed by atoms with van der Waals surface area (Å²) in [6, 6.07) is 4.43. The number of nitrogens with zero attached hydrogens (tertiary/aromatic N) is 3. The molecule has 0 unspecified atom stereocenters. The van der Waals surface area contributed by atoms with Gasteiger partial charge in [0.25, 0.3) is 0 Å². The first-order valence-corrected chi connectivity index (χ1v) is 5.43. The quantitative estimate of drug-likeness (QED) is 0.883. The van der Waals surface area contributed by atoms with Crippen molar-refractivity contribution in [1.82, 2.24) is 14.8 Å². The van der Waals surface area contributed by atoms with Gasteiger partial charge in [0.2, 0.25) is 0 Å². The summed E-state index contributed by atoms with van der Waals surface area (Å²) in [5.41, 5.74) is 0.546. The van der Waals surface area contributed by atoms with Crippen LogP contribution in [0.5, 0.6) is 0 Å². The molecule has 0 saturated carbocycles. The first-order chi connectivity index (χ1) is 7.69. The number of aliphatic hydroxyl groups excluding tert-OH is 1. The second kappa shape index (κ2) is 4.63. The zero-order chi connectivity index (χ0) is 11.5. The number of rotatable bonds is 3. The lowest BCUT2D eigenvalue weighted by molar-refractivity contribution is 0.281. The zero-order valence-electron chi connectivity index (χ0n) is 8.59. The molecular weight excluding hydrogens is 229 g/mol.